The molecule has 0 aliphatic carbocycles. The molecule has 3 N–H and O–H groups in total. The fourth-order valence-corrected chi connectivity index (χ4v) is 7.73. The molecular formula is C63H103NO5. The van der Waals surface area contributed by atoms with Crippen molar-refractivity contribution in [2.24, 2.45) is 0 Å². The van der Waals surface area contributed by atoms with Crippen LogP contribution in [0.5, 0.6) is 0 Å². The highest BCUT2D eigenvalue weighted by Crippen LogP contribution is 2.17. The van der Waals surface area contributed by atoms with E-state index in [1.165, 1.54) is 83.5 Å². The Hall–Kier alpha value is -4.00. The molecule has 0 fully saturated rings. The van der Waals surface area contributed by atoms with Crippen molar-refractivity contribution in [2.45, 2.75) is 244 Å². The molecule has 0 rings (SSSR count). The Morgan fingerprint density at radius 1 is 0.449 bits per heavy atom. The summed E-state index contributed by atoms with van der Waals surface area (Å²) in [5, 5.41) is 23.8. The smallest absolute Gasteiger partial charge is 0.306 e. The first-order chi connectivity index (χ1) is 34.0. The number of hydrogen-bond acceptors (Lipinski definition) is 5. The van der Waals surface area contributed by atoms with Crippen LogP contribution in [0.4, 0.5) is 0 Å². The van der Waals surface area contributed by atoms with Crippen molar-refractivity contribution in [3.05, 3.63) is 134 Å². The molecule has 0 aromatic carbocycles. The molecule has 0 aliphatic heterocycles. The maximum Gasteiger partial charge on any atom is 0.306 e. The van der Waals surface area contributed by atoms with Gasteiger partial charge in [-0.05, 0) is 83.5 Å². The van der Waals surface area contributed by atoms with Crippen LogP contribution in [0.1, 0.15) is 226 Å². The van der Waals surface area contributed by atoms with Crippen molar-refractivity contribution in [1.82, 2.24) is 5.32 Å². The van der Waals surface area contributed by atoms with Crippen molar-refractivity contribution in [3.63, 3.8) is 0 Å². The van der Waals surface area contributed by atoms with Gasteiger partial charge in [-0.25, -0.2) is 0 Å². The van der Waals surface area contributed by atoms with Crippen LogP contribution in [0, 0.1) is 0 Å². The molecule has 0 aromatic rings. The molecule has 0 aromatic heterocycles. The van der Waals surface area contributed by atoms with Gasteiger partial charge >= 0.3 is 5.97 Å². The zero-order valence-corrected chi connectivity index (χ0v) is 44.4. The number of carbonyl (C=O) groups is 2. The summed E-state index contributed by atoms with van der Waals surface area (Å²) in [6, 6.07) is -0.744. The van der Waals surface area contributed by atoms with Gasteiger partial charge in [0.25, 0.3) is 0 Å². The first-order valence-electron chi connectivity index (χ1n) is 28.0. The molecule has 0 saturated heterocycles. The summed E-state index contributed by atoms with van der Waals surface area (Å²) < 4.78 is 5.90. The molecule has 0 radical (unpaired) electrons. The summed E-state index contributed by atoms with van der Waals surface area (Å²) in [4.78, 5) is 26.2. The standard InChI is InChI=1S/C63H103NO5/c1-4-7-10-13-16-19-22-25-28-30-31-32-35-38-41-44-47-50-53-56-63(68)69-59(54-51-48-45-42-39-36-33-27-24-21-18-15-12-9-6-3)57-62(67)64-60(58-65)61(66)55-52-49-46-43-40-37-34-29-26-23-20-17-14-11-8-5-2/h7,9-10,12,15-16,18-19,21,24-25,27-28,31-33,36,38-39,41-42,45,59-61,65-66H,4-6,8,11,13-14,17,20,22-23,26,29-30,34-35,37,40,43-44,46-58H2,1-3H3,(H,64,67)/b10-7-,12-9-,18-15+,19-16-,24-21+,28-25-,32-31-,33-27-,39-36+,41-38-,45-42+. The van der Waals surface area contributed by atoms with Gasteiger partial charge in [-0.2, -0.15) is 0 Å². The van der Waals surface area contributed by atoms with Crippen LogP contribution in [0.25, 0.3) is 0 Å². The van der Waals surface area contributed by atoms with Gasteiger partial charge in [-0.1, -0.05) is 264 Å². The zero-order valence-electron chi connectivity index (χ0n) is 44.4. The third-order valence-corrected chi connectivity index (χ3v) is 11.9. The number of unbranched alkanes of at least 4 members (excludes halogenated alkanes) is 19. The average Bonchev–Trinajstić information content (AvgIpc) is 3.34. The number of esters is 1. The summed E-state index contributed by atoms with van der Waals surface area (Å²) in [5.74, 6) is -0.598. The van der Waals surface area contributed by atoms with Crippen LogP contribution in [0.3, 0.4) is 0 Å². The average molecular weight is 955 g/mol. The lowest BCUT2D eigenvalue weighted by molar-refractivity contribution is -0.151. The summed E-state index contributed by atoms with van der Waals surface area (Å²) in [7, 11) is 0. The molecule has 3 atom stereocenters. The van der Waals surface area contributed by atoms with Crippen LogP contribution in [-0.2, 0) is 14.3 Å². The first kappa shape index (κ1) is 65.0. The number of nitrogens with one attached hydrogen (secondary N) is 1. The lowest BCUT2D eigenvalue weighted by Gasteiger charge is -2.24. The summed E-state index contributed by atoms with van der Waals surface area (Å²) in [5.41, 5.74) is 0. The van der Waals surface area contributed by atoms with E-state index >= 15 is 0 Å². The monoisotopic (exact) mass is 954 g/mol. The van der Waals surface area contributed by atoms with E-state index in [0.717, 1.165) is 96.3 Å². The Balaban J connectivity index is 4.75. The van der Waals surface area contributed by atoms with E-state index in [4.69, 9.17) is 4.74 Å². The zero-order chi connectivity index (χ0) is 50.2. The molecule has 0 saturated carbocycles. The first-order valence-corrected chi connectivity index (χ1v) is 28.0. The van der Waals surface area contributed by atoms with Gasteiger partial charge in [0.15, 0.2) is 0 Å². The summed E-state index contributed by atoms with van der Waals surface area (Å²) in [6.07, 6.45) is 78.0. The fourth-order valence-electron chi connectivity index (χ4n) is 7.73. The fraction of sp³-hybridized carbons (Fsp3) is 0.619. The van der Waals surface area contributed by atoms with E-state index in [1.807, 2.05) is 60.8 Å². The highest BCUT2D eigenvalue weighted by atomic mass is 16.5. The maximum atomic E-state index is 13.3. The second kappa shape index (κ2) is 54.9. The minimum Gasteiger partial charge on any atom is -0.462 e. The van der Waals surface area contributed by atoms with Gasteiger partial charge in [0.2, 0.25) is 5.91 Å². The third-order valence-electron chi connectivity index (χ3n) is 11.9. The van der Waals surface area contributed by atoms with E-state index in [0.29, 0.717) is 19.3 Å². The van der Waals surface area contributed by atoms with E-state index < -0.39 is 18.2 Å². The molecule has 0 heterocycles. The van der Waals surface area contributed by atoms with E-state index in [2.05, 4.69) is 99.0 Å². The summed E-state index contributed by atoms with van der Waals surface area (Å²) in [6.45, 7) is 6.20. The van der Waals surface area contributed by atoms with Crippen LogP contribution in [-0.4, -0.2) is 46.9 Å². The largest absolute Gasteiger partial charge is 0.462 e. The van der Waals surface area contributed by atoms with Crippen LogP contribution in [0.15, 0.2) is 134 Å². The third kappa shape index (κ3) is 50.2. The molecule has 6 nitrogen and oxygen atoms in total. The number of aliphatic hydroxyl groups is 2. The minimum absolute atomic E-state index is 0.00406. The molecule has 390 valence electrons. The van der Waals surface area contributed by atoms with Crippen molar-refractivity contribution >= 4 is 11.9 Å². The van der Waals surface area contributed by atoms with Crippen molar-refractivity contribution in [3.8, 4) is 0 Å². The number of aliphatic hydroxyl groups excluding tert-OH is 2. The van der Waals surface area contributed by atoms with Crippen LogP contribution in [0.2, 0.25) is 0 Å². The molecule has 0 aliphatic rings. The predicted octanol–water partition coefficient (Wildman–Crippen LogP) is 17.4. The Morgan fingerprint density at radius 2 is 0.870 bits per heavy atom. The normalized spacial score (nSPS) is 14.2. The van der Waals surface area contributed by atoms with Crippen LogP contribution >= 0.6 is 0 Å². The van der Waals surface area contributed by atoms with Gasteiger partial charge < -0.3 is 20.3 Å². The molecule has 0 bridgehead atoms. The Bertz CT molecular complexity index is 1490. The number of rotatable bonds is 48. The molecule has 6 heteroatoms. The van der Waals surface area contributed by atoms with Crippen LogP contribution < -0.4 is 5.32 Å². The Morgan fingerprint density at radius 3 is 1.36 bits per heavy atom. The molecule has 0 spiro atoms. The highest BCUT2D eigenvalue weighted by molar-refractivity contribution is 5.77. The van der Waals surface area contributed by atoms with Crippen molar-refractivity contribution < 1.29 is 24.5 Å². The minimum atomic E-state index is -0.824. The molecule has 69 heavy (non-hydrogen) atoms. The quantitative estimate of drug-likeness (QED) is 0.0244. The van der Waals surface area contributed by atoms with E-state index in [9.17, 15) is 19.8 Å². The lowest BCUT2D eigenvalue weighted by Crippen LogP contribution is -2.46. The van der Waals surface area contributed by atoms with Gasteiger partial charge in [0.1, 0.15) is 6.10 Å². The number of allylic oxidation sites excluding steroid dienone is 22. The van der Waals surface area contributed by atoms with E-state index in [-0.39, 0.29) is 24.9 Å². The topological polar surface area (TPSA) is 95.9 Å². The number of amides is 1. The molecule has 3 unspecified atom stereocenters. The second-order valence-corrected chi connectivity index (χ2v) is 18.4. The Labute approximate surface area is 424 Å². The van der Waals surface area contributed by atoms with Crippen molar-refractivity contribution in [1.29, 1.82) is 0 Å². The predicted molar refractivity (Wildman–Crippen MR) is 300 cm³/mol. The SMILES string of the molecule is CC\C=C/C=C/C=C/C=C\C=C\C=C\CCCC(CC(=O)NC(CO)C(O)CCCCCCCCCCCCCCCCCC)OC(=O)CCCCC/C=C\C/C=C\C/C=C\C/C=C\C/C=C\CC. The highest BCUT2D eigenvalue weighted by Gasteiger charge is 2.24. The maximum absolute atomic E-state index is 13.3. The van der Waals surface area contributed by atoms with Gasteiger partial charge in [-0.3, -0.25) is 9.59 Å². The van der Waals surface area contributed by atoms with Gasteiger partial charge in [0.05, 0.1) is 25.2 Å². The summed E-state index contributed by atoms with van der Waals surface area (Å²) >= 11 is 0. The second-order valence-electron chi connectivity index (χ2n) is 18.4. The number of hydrogen-bond donors (Lipinski definition) is 3. The van der Waals surface area contributed by atoms with E-state index in [1.54, 1.807) is 0 Å². The number of ether oxygens (including phenoxy) is 1. The lowest BCUT2D eigenvalue weighted by atomic mass is 10.0. The number of carbonyl (C=O) groups excluding carboxylic acids is 2. The van der Waals surface area contributed by atoms with Gasteiger partial charge in [-0.15, -0.1) is 0 Å². The molecular weight excluding hydrogens is 851 g/mol. The van der Waals surface area contributed by atoms with Gasteiger partial charge in [0, 0.05) is 6.42 Å². The van der Waals surface area contributed by atoms with Crippen molar-refractivity contribution in [2.75, 3.05) is 6.61 Å². The Kier molecular flexibility index (Phi) is 51.7. The molecule has 1 amide bonds.